The molecule has 11 heteroatoms. The quantitative estimate of drug-likeness (QED) is 0.687. The molecule has 0 aromatic carbocycles. The minimum absolute atomic E-state index is 0.0296. The average molecular weight is 485 g/mol. The number of anilines is 1. The third-order valence-corrected chi connectivity index (χ3v) is 7.93. The van der Waals surface area contributed by atoms with Crippen LogP contribution in [-0.4, -0.2) is 84.4 Å². The number of hydrogen-bond donors (Lipinski definition) is 1. The largest absolute Gasteiger partial charge is 0.434 e. The zero-order chi connectivity index (χ0) is 24.8. The Hall–Kier alpha value is -1.98. The van der Waals surface area contributed by atoms with E-state index in [-0.39, 0.29) is 49.1 Å². The van der Waals surface area contributed by atoms with E-state index in [1.54, 1.807) is 0 Å². The number of alkyl halides is 3. The molecule has 34 heavy (non-hydrogen) atoms. The molecule has 4 heterocycles. The fraction of sp³-hybridized carbons (Fsp3) is 0.783. The summed E-state index contributed by atoms with van der Waals surface area (Å²) in [5, 5.41) is 3.66. The highest BCUT2D eigenvalue weighted by Crippen LogP contribution is 2.43. The molecule has 4 aliphatic rings. The highest BCUT2D eigenvalue weighted by atomic mass is 19.4. The molecule has 6 atom stereocenters. The van der Waals surface area contributed by atoms with Crippen molar-refractivity contribution in [2.75, 3.05) is 38.3 Å². The average Bonchev–Trinajstić information content (AvgIpc) is 3.54. The van der Waals surface area contributed by atoms with Crippen molar-refractivity contribution < 1.29 is 28.8 Å². The van der Waals surface area contributed by atoms with Crippen LogP contribution in [0, 0.1) is 5.41 Å². The Labute approximate surface area is 198 Å². The van der Waals surface area contributed by atoms with Gasteiger partial charge in [0, 0.05) is 44.3 Å². The Kier molecular flexibility index (Phi) is 5.89. The molecule has 3 aliphatic heterocycles. The van der Waals surface area contributed by atoms with E-state index in [9.17, 15) is 18.0 Å². The Bertz CT molecular complexity index is 938. The van der Waals surface area contributed by atoms with Gasteiger partial charge in [0.1, 0.15) is 5.82 Å². The number of nitrogens with one attached hydrogen (secondary N) is 1. The molecule has 1 saturated carbocycles. The van der Waals surface area contributed by atoms with Gasteiger partial charge in [-0.05, 0) is 32.1 Å². The van der Waals surface area contributed by atoms with E-state index in [4.69, 9.17) is 10.8 Å². The van der Waals surface area contributed by atoms with Crippen LogP contribution in [0.4, 0.5) is 19.0 Å². The minimum Gasteiger partial charge on any atom is -0.379 e. The number of carbonyl (C=O) groups is 1. The molecule has 0 radical (unpaired) electrons. The number of ether oxygens (including phenoxy) is 2. The molecule has 0 spiro atoms. The number of hydrogen-bond acceptors (Lipinski definition) is 7. The number of carbonyl (C=O) groups excluding carboxylic acids is 1. The van der Waals surface area contributed by atoms with E-state index >= 15 is 0 Å². The van der Waals surface area contributed by atoms with Crippen molar-refractivity contribution in [2.45, 2.75) is 75.5 Å². The first-order valence-electron chi connectivity index (χ1n) is 12.6. The smallest absolute Gasteiger partial charge is 0.379 e. The van der Waals surface area contributed by atoms with Gasteiger partial charge in [-0.15, -0.1) is 0 Å². The number of aromatic nitrogens is 2. The van der Waals surface area contributed by atoms with Gasteiger partial charge in [-0.25, -0.2) is 4.98 Å². The molecule has 4 fully saturated rings. The van der Waals surface area contributed by atoms with E-state index in [0.29, 0.717) is 26.3 Å². The van der Waals surface area contributed by atoms with Crippen LogP contribution in [0.5, 0.6) is 0 Å². The molecule has 1 aromatic heterocycles. The molecular formula is C23H32F3N5O3. The molecular weight excluding hydrogens is 451 g/mol. The zero-order valence-electron chi connectivity index (χ0n) is 20.3. The van der Waals surface area contributed by atoms with Crippen molar-refractivity contribution in [3.05, 3.63) is 18.1 Å². The van der Waals surface area contributed by atoms with Crippen LogP contribution in [0.15, 0.2) is 12.4 Å². The van der Waals surface area contributed by atoms with Crippen molar-refractivity contribution in [3.8, 4) is 0 Å². The summed E-state index contributed by atoms with van der Waals surface area (Å²) in [7, 11) is -0.103. The topological polar surface area (TPSA) is 79.8 Å². The van der Waals surface area contributed by atoms with Crippen molar-refractivity contribution in [1.82, 2.24) is 20.2 Å². The van der Waals surface area contributed by atoms with Crippen molar-refractivity contribution in [3.63, 3.8) is 0 Å². The van der Waals surface area contributed by atoms with E-state index in [0.717, 1.165) is 38.3 Å². The number of methoxy groups -OCH3 is 1. The van der Waals surface area contributed by atoms with Crippen LogP contribution in [0.1, 0.15) is 46.1 Å². The van der Waals surface area contributed by atoms with Crippen LogP contribution in [0.25, 0.3) is 0 Å². The molecule has 188 valence electrons. The van der Waals surface area contributed by atoms with Crippen LogP contribution in [0.3, 0.4) is 0 Å². The standard InChI is InChI=1S/C23H32F3N5O3/c1-22(5-3-14(8-22)28-17-4-6-34-13-18(17)33-2)21(32)31-12-15-7-16(31)11-30(15)20-10-27-9-19(29-20)23(24,25)26/h9-10,14-18,28H,3-8,11-13H2,1-2H3/t14-,15+,16+,17+,18-,22+/m1/s1/i2D. The molecule has 2 bridgehead atoms. The van der Waals surface area contributed by atoms with E-state index in [1.807, 2.05) is 16.7 Å². The second kappa shape index (κ2) is 8.91. The third kappa shape index (κ3) is 4.37. The van der Waals surface area contributed by atoms with Crippen LogP contribution < -0.4 is 10.2 Å². The minimum atomic E-state index is -4.54. The van der Waals surface area contributed by atoms with Crippen LogP contribution in [0.2, 0.25) is 0 Å². The number of fused-ring (bicyclic) bond motifs is 2. The van der Waals surface area contributed by atoms with Gasteiger partial charge in [0.05, 0.1) is 38.6 Å². The highest BCUT2D eigenvalue weighted by Gasteiger charge is 2.52. The Morgan fingerprint density at radius 1 is 1.32 bits per heavy atom. The fourth-order valence-electron chi connectivity index (χ4n) is 6.12. The maximum absolute atomic E-state index is 13.6. The molecule has 0 unspecified atom stereocenters. The van der Waals surface area contributed by atoms with Crippen molar-refractivity contribution >= 4 is 11.7 Å². The molecule has 5 rings (SSSR count). The lowest BCUT2D eigenvalue weighted by Gasteiger charge is -2.39. The molecule has 8 nitrogen and oxygen atoms in total. The molecule has 1 N–H and O–H groups in total. The zero-order valence-corrected chi connectivity index (χ0v) is 19.3. The summed E-state index contributed by atoms with van der Waals surface area (Å²) >= 11 is 0. The van der Waals surface area contributed by atoms with Crippen molar-refractivity contribution in [1.29, 1.82) is 0 Å². The number of amides is 1. The first-order chi connectivity index (χ1) is 16.7. The second-order valence-corrected chi connectivity index (χ2v) is 10.3. The van der Waals surface area contributed by atoms with E-state index in [2.05, 4.69) is 15.3 Å². The van der Waals surface area contributed by atoms with E-state index in [1.165, 1.54) is 6.20 Å². The molecule has 3 saturated heterocycles. The number of likely N-dealkylation sites (tertiary alicyclic amines) is 1. The summed E-state index contributed by atoms with van der Waals surface area (Å²) in [4.78, 5) is 24.9. The SMILES string of the molecule is [2H]CO[C@@H]1COCC[C@@H]1N[C@@H]1CC[C@](C)(C(=O)N2C[C@@H]3C[C@H]2CN3c2cncc(C(F)(F)F)n2)C1. The highest BCUT2D eigenvalue weighted by molar-refractivity contribution is 5.84. The summed E-state index contributed by atoms with van der Waals surface area (Å²) < 4.78 is 57.6. The van der Waals surface area contributed by atoms with Gasteiger partial charge in [-0.3, -0.25) is 9.78 Å². The maximum Gasteiger partial charge on any atom is 0.434 e. The van der Waals surface area contributed by atoms with Gasteiger partial charge in [0.25, 0.3) is 0 Å². The predicted octanol–water partition coefficient (Wildman–Crippen LogP) is 2.24. The summed E-state index contributed by atoms with van der Waals surface area (Å²) in [5.41, 5.74) is -1.47. The summed E-state index contributed by atoms with van der Waals surface area (Å²) in [5.74, 6) is 0.353. The Morgan fingerprint density at radius 2 is 2.18 bits per heavy atom. The molecule has 1 amide bonds. The van der Waals surface area contributed by atoms with E-state index < -0.39 is 17.3 Å². The normalized spacial score (nSPS) is 36.2. The van der Waals surface area contributed by atoms with Gasteiger partial charge in [-0.1, -0.05) is 6.92 Å². The Balaban J connectivity index is 1.19. The van der Waals surface area contributed by atoms with Crippen LogP contribution >= 0.6 is 0 Å². The van der Waals surface area contributed by atoms with Gasteiger partial charge < -0.3 is 24.6 Å². The van der Waals surface area contributed by atoms with Crippen molar-refractivity contribution in [2.24, 2.45) is 5.41 Å². The third-order valence-electron chi connectivity index (χ3n) is 7.93. The Morgan fingerprint density at radius 3 is 2.91 bits per heavy atom. The summed E-state index contributed by atoms with van der Waals surface area (Å²) in [6.07, 6.45) is 1.37. The van der Waals surface area contributed by atoms with Crippen LogP contribution in [-0.2, 0) is 20.4 Å². The first kappa shape index (κ1) is 22.5. The number of nitrogens with zero attached hydrogens (tertiary/aromatic N) is 4. The number of halogens is 3. The number of piperazine rings is 1. The second-order valence-electron chi connectivity index (χ2n) is 10.3. The molecule has 1 aliphatic carbocycles. The number of rotatable bonds is 5. The lowest BCUT2D eigenvalue weighted by atomic mass is 9.86. The first-order valence-corrected chi connectivity index (χ1v) is 11.9. The fourth-order valence-corrected chi connectivity index (χ4v) is 6.12. The summed E-state index contributed by atoms with van der Waals surface area (Å²) in [6, 6.07) is 0.228. The molecule has 1 aromatic rings. The van der Waals surface area contributed by atoms with Gasteiger partial charge in [0.15, 0.2) is 5.69 Å². The van der Waals surface area contributed by atoms with Gasteiger partial charge >= 0.3 is 6.18 Å². The lowest BCUT2D eigenvalue weighted by Crippen LogP contribution is -2.53. The monoisotopic (exact) mass is 484 g/mol. The van der Waals surface area contributed by atoms with Gasteiger partial charge in [0.2, 0.25) is 5.91 Å². The summed E-state index contributed by atoms with van der Waals surface area (Å²) in [6.45, 7) is 4.12. The lowest BCUT2D eigenvalue weighted by molar-refractivity contribution is -0.142. The van der Waals surface area contributed by atoms with Gasteiger partial charge in [-0.2, -0.15) is 13.2 Å². The maximum atomic E-state index is 13.6. The predicted molar refractivity (Wildman–Crippen MR) is 117 cm³/mol.